The van der Waals surface area contributed by atoms with E-state index in [0.29, 0.717) is 12.8 Å². The lowest BCUT2D eigenvalue weighted by Gasteiger charge is -2.39. The SMILES string of the molecule is COC(=O)C1(NCc2cnn(C)c2C(F)(F)F)CCC1. The Labute approximate surface area is 114 Å². The Morgan fingerprint density at radius 2 is 2.20 bits per heavy atom. The van der Waals surface area contributed by atoms with Crippen LogP contribution in [0.25, 0.3) is 0 Å². The Morgan fingerprint density at radius 1 is 1.55 bits per heavy atom. The van der Waals surface area contributed by atoms with Gasteiger partial charge in [-0.15, -0.1) is 0 Å². The first-order valence-electron chi connectivity index (χ1n) is 6.22. The molecular weight excluding hydrogens is 275 g/mol. The van der Waals surface area contributed by atoms with E-state index in [1.54, 1.807) is 0 Å². The van der Waals surface area contributed by atoms with Gasteiger partial charge in [-0.05, 0) is 19.3 Å². The smallest absolute Gasteiger partial charge is 0.433 e. The number of rotatable bonds is 4. The van der Waals surface area contributed by atoms with Gasteiger partial charge in [0.05, 0.1) is 13.3 Å². The number of ether oxygens (including phenoxy) is 1. The number of carbonyl (C=O) groups is 1. The van der Waals surface area contributed by atoms with E-state index in [2.05, 4.69) is 10.4 Å². The van der Waals surface area contributed by atoms with Crippen molar-refractivity contribution >= 4 is 5.97 Å². The molecule has 1 heterocycles. The van der Waals surface area contributed by atoms with Crippen molar-refractivity contribution in [2.45, 2.75) is 37.5 Å². The van der Waals surface area contributed by atoms with Crippen molar-refractivity contribution in [2.24, 2.45) is 7.05 Å². The molecule has 0 spiro atoms. The number of methoxy groups -OCH3 is 1. The average molecular weight is 291 g/mol. The molecule has 1 aliphatic carbocycles. The predicted molar refractivity (Wildman–Crippen MR) is 63.6 cm³/mol. The third-order valence-corrected chi connectivity index (χ3v) is 3.68. The summed E-state index contributed by atoms with van der Waals surface area (Å²) < 4.78 is 44.2. The lowest BCUT2D eigenvalue weighted by atomic mass is 9.76. The van der Waals surface area contributed by atoms with Crippen LogP contribution in [0.3, 0.4) is 0 Å². The third kappa shape index (κ3) is 2.52. The Balaban J connectivity index is 2.14. The molecule has 1 aromatic heterocycles. The van der Waals surface area contributed by atoms with Gasteiger partial charge in [-0.25, -0.2) is 0 Å². The standard InChI is InChI=1S/C12H16F3N3O2/c1-18-9(12(13,14)15)8(7-17-18)6-16-11(4-3-5-11)10(19)20-2/h7,16H,3-6H2,1-2H3. The summed E-state index contributed by atoms with van der Waals surface area (Å²) >= 11 is 0. The molecule has 1 N–H and O–H groups in total. The van der Waals surface area contributed by atoms with Crippen molar-refractivity contribution in [1.29, 1.82) is 0 Å². The minimum atomic E-state index is -4.47. The number of hydrogen-bond donors (Lipinski definition) is 1. The first kappa shape index (κ1) is 14.8. The fourth-order valence-corrected chi connectivity index (χ4v) is 2.42. The van der Waals surface area contributed by atoms with E-state index in [-0.39, 0.29) is 12.1 Å². The summed E-state index contributed by atoms with van der Waals surface area (Å²) in [6.07, 6.45) is -1.32. The lowest BCUT2D eigenvalue weighted by Crippen LogP contribution is -2.57. The number of carbonyl (C=O) groups excluding carboxylic acids is 1. The molecule has 0 radical (unpaired) electrons. The van der Waals surface area contributed by atoms with Crippen LogP contribution in [-0.4, -0.2) is 28.4 Å². The van der Waals surface area contributed by atoms with Crippen molar-refractivity contribution in [3.8, 4) is 0 Å². The fraction of sp³-hybridized carbons (Fsp3) is 0.667. The first-order valence-corrected chi connectivity index (χ1v) is 6.22. The van der Waals surface area contributed by atoms with Crippen LogP contribution in [0.5, 0.6) is 0 Å². The molecule has 2 rings (SSSR count). The van der Waals surface area contributed by atoms with Crippen molar-refractivity contribution in [3.05, 3.63) is 17.5 Å². The van der Waals surface area contributed by atoms with Crippen LogP contribution in [0.1, 0.15) is 30.5 Å². The van der Waals surface area contributed by atoms with E-state index in [4.69, 9.17) is 4.74 Å². The predicted octanol–water partition coefficient (Wildman–Crippen LogP) is 1.62. The van der Waals surface area contributed by atoms with E-state index < -0.39 is 23.4 Å². The van der Waals surface area contributed by atoms with E-state index in [1.165, 1.54) is 20.4 Å². The van der Waals surface area contributed by atoms with Gasteiger partial charge >= 0.3 is 12.1 Å². The largest absolute Gasteiger partial charge is 0.468 e. The van der Waals surface area contributed by atoms with Crippen molar-refractivity contribution in [3.63, 3.8) is 0 Å². The number of aryl methyl sites for hydroxylation is 1. The maximum Gasteiger partial charge on any atom is 0.433 e. The van der Waals surface area contributed by atoms with Crippen molar-refractivity contribution < 1.29 is 22.7 Å². The Kier molecular flexibility index (Phi) is 3.77. The van der Waals surface area contributed by atoms with Gasteiger partial charge in [-0.2, -0.15) is 18.3 Å². The number of halogens is 3. The summed E-state index contributed by atoms with van der Waals surface area (Å²) in [4.78, 5) is 11.7. The molecule has 0 bridgehead atoms. The van der Waals surface area contributed by atoms with Crippen LogP contribution in [0.4, 0.5) is 13.2 Å². The molecule has 0 amide bonds. The summed E-state index contributed by atoms with van der Waals surface area (Å²) in [5.74, 6) is -0.429. The Morgan fingerprint density at radius 3 is 2.65 bits per heavy atom. The topological polar surface area (TPSA) is 56.1 Å². The maximum atomic E-state index is 12.9. The van der Waals surface area contributed by atoms with E-state index >= 15 is 0 Å². The van der Waals surface area contributed by atoms with Gasteiger partial charge < -0.3 is 4.74 Å². The molecule has 0 saturated heterocycles. The average Bonchev–Trinajstić information content (AvgIpc) is 2.68. The summed E-state index contributed by atoms with van der Waals surface area (Å²) in [6, 6.07) is 0. The molecule has 1 aromatic rings. The highest BCUT2D eigenvalue weighted by atomic mass is 19.4. The fourth-order valence-electron chi connectivity index (χ4n) is 2.42. The zero-order valence-corrected chi connectivity index (χ0v) is 11.3. The van der Waals surface area contributed by atoms with E-state index in [0.717, 1.165) is 11.1 Å². The molecule has 0 atom stereocenters. The molecule has 8 heteroatoms. The normalized spacial score (nSPS) is 17.6. The molecule has 1 saturated carbocycles. The number of hydrogen-bond acceptors (Lipinski definition) is 4. The highest BCUT2D eigenvalue weighted by Gasteiger charge is 2.45. The van der Waals surface area contributed by atoms with Gasteiger partial charge in [-0.1, -0.05) is 0 Å². The zero-order chi connectivity index (χ0) is 15.0. The number of nitrogens with one attached hydrogen (secondary N) is 1. The van der Waals surface area contributed by atoms with Crippen LogP contribution in [0.15, 0.2) is 6.20 Å². The second kappa shape index (κ2) is 5.08. The Bertz CT molecular complexity index is 507. The molecule has 5 nitrogen and oxygen atoms in total. The zero-order valence-electron chi connectivity index (χ0n) is 11.3. The van der Waals surface area contributed by atoms with E-state index in [1.807, 2.05) is 0 Å². The molecule has 20 heavy (non-hydrogen) atoms. The molecule has 112 valence electrons. The lowest BCUT2D eigenvalue weighted by molar-refractivity contribution is -0.152. The van der Waals surface area contributed by atoms with Gasteiger partial charge in [0.2, 0.25) is 0 Å². The minimum absolute atomic E-state index is 0.0233. The Hall–Kier alpha value is -1.57. The van der Waals surface area contributed by atoms with Crippen LogP contribution >= 0.6 is 0 Å². The van der Waals surface area contributed by atoms with Crippen LogP contribution in [0.2, 0.25) is 0 Å². The summed E-state index contributed by atoms with van der Waals surface area (Å²) in [5.41, 5.74) is -1.63. The maximum absolute atomic E-state index is 12.9. The molecule has 1 fully saturated rings. The molecule has 0 unspecified atom stereocenters. The molecular formula is C12H16F3N3O2. The van der Waals surface area contributed by atoms with Gasteiger partial charge in [0.1, 0.15) is 11.2 Å². The van der Waals surface area contributed by atoms with Gasteiger partial charge in [-0.3, -0.25) is 14.8 Å². The van der Waals surface area contributed by atoms with Crippen LogP contribution < -0.4 is 5.32 Å². The first-order chi connectivity index (χ1) is 9.30. The number of aromatic nitrogens is 2. The highest BCUT2D eigenvalue weighted by molar-refractivity contribution is 5.81. The molecule has 1 aliphatic rings. The molecule has 0 aromatic carbocycles. The monoisotopic (exact) mass is 291 g/mol. The quantitative estimate of drug-likeness (QED) is 0.857. The second-order valence-corrected chi connectivity index (χ2v) is 4.92. The summed E-state index contributed by atoms with van der Waals surface area (Å²) in [7, 11) is 2.51. The van der Waals surface area contributed by atoms with E-state index in [9.17, 15) is 18.0 Å². The summed E-state index contributed by atoms with van der Waals surface area (Å²) in [6.45, 7) is -0.0716. The second-order valence-electron chi connectivity index (χ2n) is 4.92. The van der Waals surface area contributed by atoms with Crippen molar-refractivity contribution in [2.75, 3.05) is 7.11 Å². The number of alkyl halides is 3. The van der Waals surface area contributed by atoms with Crippen LogP contribution in [0, 0.1) is 0 Å². The third-order valence-electron chi connectivity index (χ3n) is 3.68. The molecule has 0 aliphatic heterocycles. The minimum Gasteiger partial charge on any atom is -0.468 e. The van der Waals surface area contributed by atoms with Crippen molar-refractivity contribution in [1.82, 2.24) is 15.1 Å². The summed E-state index contributed by atoms with van der Waals surface area (Å²) in [5, 5.41) is 6.53. The van der Waals surface area contributed by atoms with Gasteiger partial charge in [0, 0.05) is 19.2 Å². The number of nitrogens with zero attached hydrogens (tertiary/aromatic N) is 2. The highest BCUT2D eigenvalue weighted by Crippen LogP contribution is 2.35. The van der Waals surface area contributed by atoms with Gasteiger partial charge in [0.25, 0.3) is 0 Å². The number of esters is 1. The van der Waals surface area contributed by atoms with Crippen LogP contribution in [-0.2, 0) is 29.3 Å². The van der Waals surface area contributed by atoms with Gasteiger partial charge in [0.15, 0.2) is 0 Å².